The Hall–Kier alpha value is -1.51. The summed E-state index contributed by atoms with van der Waals surface area (Å²) in [7, 11) is 2.04. The van der Waals surface area contributed by atoms with E-state index in [9.17, 15) is 0 Å². The molecule has 0 aliphatic rings. The minimum Gasteiger partial charge on any atom is -0.398 e. The van der Waals surface area contributed by atoms with E-state index in [1.54, 1.807) is 0 Å². The van der Waals surface area contributed by atoms with Crippen molar-refractivity contribution in [1.82, 2.24) is 4.57 Å². The van der Waals surface area contributed by atoms with E-state index in [4.69, 9.17) is 0 Å². The summed E-state index contributed by atoms with van der Waals surface area (Å²) in [5.41, 5.74) is 1.24. The molecule has 3 heteroatoms. The summed E-state index contributed by atoms with van der Waals surface area (Å²) in [6, 6.07) is 9.55. The maximum absolute atomic E-state index is 3.28. The first-order valence-electron chi connectivity index (χ1n) is 3.40. The quantitative estimate of drug-likeness (QED) is 0.370. The molecule has 0 saturated carbocycles. The molecule has 12 heavy (non-hydrogen) atoms. The summed E-state index contributed by atoms with van der Waals surface area (Å²) >= 11 is 2.27. The molecule has 0 spiro atoms. The van der Waals surface area contributed by atoms with Gasteiger partial charge in [-0.3, -0.25) is 0 Å². The van der Waals surface area contributed by atoms with Gasteiger partial charge in [-0.25, -0.2) is 0 Å². The predicted octanol–water partition coefficient (Wildman–Crippen LogP) is 2.58. The number of hydrogen-bond donors (Lipinski definition) is 0. The molecule has 0 aliphatic carbocycles. The minimum atomic E-state index is 0. The second kappa shape index (κ2) is 2.85. The van der Waals surface area contributed by atoms with Gasteiger partial charge in [0.05, 0.1) is 0 Å². The monoisotopic (exact) mass is 523 g/mol. The average Bonchev–Trinajstić information content (AvgIpc) is 2.32. The van der Waals surface area contributed by atoms with Crippen LogP contribution < -0.4 is 0 Å². The third-order valence-corrected chi connectivity index (χ3v) is 2.39. The standard InChI is InChI=1S/C9H7IN.Rf/c1-11-5-4-7-6-8(10)2-3-9(7)11;/h2-5H,1H3;/q-1;. The second-order valence-corrected chi connectivity index (χ2v) is 3.69. The molecule has 0 saturated heterocycles. The third-order valence-electron chi connectivity index (χ3n) is 1.76. The molecule has 58 valence electrons. The van der Waals surface area contributed by atoms with Crippen LogP contribution in [0, 0.1) is 9.64 Å². The number of hydrogen-bond acceptors (Lipinski definition) is 0. The molecule has 2 rings (SSSR count). The van der Waals surface area contributed by atoms with Crippen LogP contribution in [0.3, 0.4) is 0 Å². The smallest absolute Gasteiger partial charge is 0.000611 e. The van der Waals surface area contributed by atoms with Crippen LogP contribution in [0.4, 0.5) is 0 Å². The van der Waals surface area contributed by atoms with Crippen molar-refractivity contribution in [2.24, 2.45) is 7.05 Å². The van der Waals surface area contributed by atoms with Crippen LogP contribution in [0.5, 0.6) is 0 Å². The molecule has 0 N–H and O–H groups in total. The molecule has 1 aromatic carbocycles. The molecule has 2 aromatic rings. The molecule has 1 nitrogen and oxygen atoms in total. The molecule has 0 bridgehead atoms. The van der Waals surface area contributed by atoms with Crippen LogP contribution >= 0.6 is 22.6 Å². The summed E-state index contributed by atoms with van der Waals surface area (Å²) in [6.07, 6.45) is 2.05. The molecule has 0 atom stereocenters. The Balaban J connectivity index is 0.000000720. The van der Waals surface area contributed by atoms with Crippen molar-refractivity contribution < 1.29 is 0 Å². The normalized spacial score (nSPS) is 9.83. The third kappa shape index (κ3) is 1.13. The van der Waals surface area contributed by atoms with Crippen LogP contribution in [0.2, 0.25) is 0 Å². The Kier molecular flexibility index (Phi) is 2.04. The Bertz CT molecular complexity index is 394. The van der Waals surface area contributed by atoms with Gasteiger partial charge in [-0.15, -0.1) is 29.7 Å². The fourth-order valence-corrected chi connectivity index (χ4v) is 1.65. The van der Waals surface area contributed by atoms with E-state index in [2.05, 4.69) is 57.6 Å². The molecule has 0 amide bonds. The maximum Gasteiger partial charge on any atom is 0.000611 e. The molecule has 0 aliphatic heterocycles. The molecular formula is C9H7INRf-. The zero-order valence-corrected chi connectivity index (χ0v) is 15.4. The van der Waals surface area contributed by atoms with Crippen molar-refractivity contribution in [3.8, 4) is 0 Å². The summed E-state index contributed by atoms with van der Waals surface area (Å²) in [5, 5.41) is 1.19. The van der Waals surface area contributed by atoms with Gasteiger partial charge < -0.3 is 4.57 Å². The van der Waals surface area contributed by atoms with Crippen LogP contribution in [0.1, 0.15) is 0 Å². The van der Waals surface area contributed by atoms with Crippen LogP contribution in [-0.2, 0) is 7.05 Å². The van der Waals surface area contributed by atoms with Crippen molar-refractivity contribution in [3.05, 3.63) is 34.0 Å². The van der Waals surface area contributed by atoms with Crippen molar-refractivity contribution in [3.63, 3.8) is 0 Å². The van der Waals surface area contributed by atoms with Crippen molar-refractivity contribution in [1.29, 1.82) is 0 Å². The van der Waals surface area contributed by atoms with E-state index in [0.29, 0.717) is 0 Å². The summed E-state index contributed by atoms with van der Waals surface area (Å²) in [6.45, 7) is 0. The maximum atomic E-state index is 3.28. The Morgan fingerprint density at radius 1 is 1.33 bits per heavy atom. The van der Waals surface area contributed by atoms with Gasteiger partial charge in [0.2, 0.25) is 0 Å². The number of fused-ring (bicyclic) bond motifs is 1. The van der Waals surface area contributed by atoms with Crippen LogP contribution in [0.25, 0.3) is 10.9 Å². The van der Waals surface area contributed by atoms with Crippen LogP contribution in [-0.4, -0.2) is 4.57 Å². The summed E-state index contributed by atoms with van der Waals surface area (Å²) in [5.74, 6) is 0. The molecular weight excluding hydrogens is 516 g/mol. The van der Waals surface area contributed by atoms with Crippen molar-refractivity contribution in [2.75, 3.05) is 0 Å². The number of benzene rings is 1. The summed E-state index contributed by atoms with van der Waals surface area (Å²) < 4.78 is 3.27. The number of aryl methyl sites for hydroxylation is 1. The Morgan fingerprint density at radius 2 is 2.08 bits per heavy atom. The summed E-state index contributed by atoms with van der Waals surface area (Å²) in [4.78, 5) is 0. The Labute approximate surface area is 79.2 Å². The minimum absolute atomic E-state index is 0. The molecule has 0 unspecified atom stereocenters. The number of aromatic nitrogens is 1. The van der Waals surface area contributed by atoms with Crippen molar-refractivity contribution >= 4 is 33.5 Å². The predicted molar refractivity (Wildman–Crippen MR) is 54.5 cm³/mol. The fourth-order valence-electron chi connectivity index (χ4n) is 1.18. The first kappa shape index (κ1) is 8.59. The van der Waals surface area contributed by atoms with Gasteiger partial charge in [-0.05, 0) is 11.7 Å². The fraction of sp³-hybridized carbons (Fsp3) is 0.111. The number of rotatable bonds is 0. The van der Waals surface area contributed by atoms with Gasteiger partial charge >= 0.3 is 0 Å². The largest absolute Gasteiger partial charge is 0.398 e. The SMILES string of the molecule is Cn1ccc2[c-]c(I)ccc21.[Rf]. The molecule has 1 heterocycles. The van der Waals surface area contributed by atoms with Gasteiger partial charge in [-0.1, -0.05) is 26.2 Å². The van der Waals surface area contributed by atoms with Gasteiger partial charge in [-0.2, -0.15) is 0 Å². The van der Waals surface area contributed by atoms with E-state index < -0.39 is 0 Å². The van der Waals surface area contributed by atoms with E-state index in [-0.39, 0.29) is 0 Å². The zero-order valence-electron chi connectivity index (χ0n) is 6.84. The number of nitrogens with zero attached hydrogens (tertiary/aromatic N) is 1. The van der Waals surface area contributed by atoms with Gasteiger partial charge in [0.25, 0.3) is 0 Å². The molecule has 0 fully saturated rings. The first-order chi connectivity index (χ1) is 5.27. The molecule has 1 aromatic heterocycles. The van der Waals surface area contributed by atoms with E-state index >= 15 is 0 Å². The average molecular weight is 523 g/mol. The number of halogens is 1. The van der Waals surface area contributed by atoms with E-state index in [1.165, 1.54) is 14.5 Å². The molecule has 0 radical (unpaired) electrons. The topological polar surface area (TPSA) is 4.93 Å². The van der Waals surface area contributed by atoms with Crippen LogP contribution in [0.15, 0.2) is 24.4 Å². The van der Waals surface area contributed by atoms with Gasteiger partial charge in [0.1, 0.15) is 0 Å². The first-order valence-corrected chi connectivity index (χ1v) is 4.48. The van der Waals surface area contributed by atoms with Gasteiger partial charge in [0.15, 0.2) is 0 Å². The zero-order chi connectivity index (χ0) is 7.84. The Morgan fingerprint density at radius 3 is 2.83 bits per heavy atom. The van der Waals surface area contributed by atoms with E-state index in [1.807, 2.05) is 7.05 Å². The van der Waals surface area contributed by atoms with Crippen molar-refractivity contribution in [2.45, 2.75) is 0 Å². The van der Waals surface area contributed by atoms with E-state index in [0.717, 1.165) is 0 Å². The van der Waals surface area contributed by atoms with Gasteiger partial charge in [0, 0.05) is 7.05 Å². The second-order valence-electron chi connectivity index (χ2n) is 2.53.